The Morgan fingerprint density at radius 2 is 2.00 bits per heavy atom. The fourth-order valence-electron chi connectivity index (χ4n) is 2.19. The molecule has 1 heterocycles. The molecule has 1 aromatic heterocycles. The molecule has 0 saturated carbocycles. The highest BCUT2D eigenvalue weighted by Gasteiger charge is 2.35. The molecule has 116 valence electrons. The maximum Gasteiger partial charge on any atom is 0.451 e. The monoisotopic (exact) mass is 301 g/mol. The Kier molecular flexibility index (Phi) is 4.69. The predicted molar refractivity (Wildman–Crippen MR) is 73.1 cm³/mol. The molecular weight excluding hydrogens is 283 g/mol. The number of aromatic nitrogens is 2. The molecule has 1 N–H and O–H groups in total. The lowest BCUT2D eigenvalue weighted by molar-refractivity contribution is -0.145. The number of anilines is 1. The zero-order valence-corrected chi connectivity index (χ0v) is 11.9. The third-order valence-electron chi connectivity index (χ3n) is 3.58. The lowest BCUT2D eigenvalue weighted by Gasteiger charge is -2.25. The van der Waals surface area contributed by atoms with E-state index in [0.717, 1.165) is 12.8 Å². The molecule has 7 heteroatoms. The van der Waals surface area contributed by atoms with Crippen molar-refractivity contribution in [2.45, 2.75) is 25.9 Å². The van der Waals surface area contributed by atoms with E-state index in [0.29, 0.717) is 12.5 Å². The van der Waals surface area contributed by atoms with Gasteiger partial charge in [0.15, 0.2) is 0 Å². The number of hydrogen-bond acceptors (Lipinski definition) is 4. The van der Waals surface area contributed by atoms with Gasteiger partial charge in [0.1, 0.15) is 5.82 Å². The predicted octanol–water partition coefficient (Wildman–Crippen LogP) is 3.52. The molecule has 2 atom stereocenters. The lowest BCUT2D eigenvalue weighted by atomic mass is 9.85. The molecule has 1 aromatic rings. The minimum absolute atomic E-state index is 0.0524. The van der Waals surface area contributed by atoms with Crippen molar-refractivity contribution in [2.75, 3.05) is 19.0 Å². The van der Waals surface area contributed by atoms with Crippen LogP contribution in [0.5, 0.6) is 5.88 Å². The van der Waals surface area contributed by atoms with Crippen LogP contribution >= 0.6 is 0 Å². The largest absolute Gasteiger partial charge is 0.477 e. The normalized spacial score (nSPS) is 22.1. The number of allylic oxidation sites excluding steroid dienone is 2. The van der Waals surface area contributed by atoms with E-state index in [4.69, 9.17) is 4.74 Å². The van der Waals surface area contributed by atoms with E-state index in [1.54, 1.807) is 0 Å². The highest BCUT2D eigenvalue weighted by Crippen LogP contribution is 2.30. The quantitative estimate of drug-likeness (QED) is 0.864. The first-order chi connectivity index (χ1) is 9.90. The Morgan fingerprint density at radius 1 is 1.29 bits per heavy atom. The van der Waals surface area contributed by atoms with Crippen molar-refractivity contribution >= 4 is 5.82 Å². The van der Waals surface area contributed by atoms with Crippen LogP contribution in [0.25, 0.3) is 0 Å². The molecule has 2 rings (SSSR count). The minimum atomic E-state index is -4.59. The summed E-state index contributed by atoms with van der Waals surface area (Å²) in [6.45, 7) is 2.46. The van der Waals surface area contributed by atoms with E-state index in [1.807, 2.05) is 0 Å². The molecule has 2 unspecified atom stereocenters. The van der Waals surface area contributed by atoms with E-state index in [2.05, 4.69) is 34.4 Å². The summed E-state index contributed by atoms with van der Waals surface area (Å²) in [7, 11) is 1.50. The third-order valence-corrected chi connectivity index (χ3v) is 3.58. The topological polar surface area (TPSA) is 47.0 Å². The minimum Gasteiger partial charge on any atom is -0.477 e. The summed E-state index contributed by atoms with van der Waals surface area (Å²) < 4.78 is 43.6. The summed E-state index contributed by atoms with van der Waals surface area (Å²) >= 11 is 0. The molecular formula is C14H18F3N3O. The standard InChI is InChI=1S/C14H18F3N3O/c1-9-5-3-4-6-10(9)8-21-12-7-11(18-2)19-13(20-12)14(15,16)17/h3-4,7,9-10H,5-6,8H2,1-2H3,(H,18,19,20). The summed E-state index contributed by atoms with van der Waals surface area (Å²) in [6.07, 6.45) is 1.44. The molecule has 0 radical (unpaired) electrons. The maximum absolute atomic E-state index is 12.7. The molecule has 0 saturated heterocycles. The van der Waals surface area contributed by atoms with Crippen LogP contribution in [0, 0.1) is 11.8 Å². The van der Waals surface area contributed by atoms with Gasteiger partial charge in [-0.2, -0.15) is 18.2 Å². The summed E-state index contributed by atoms with van der Waals surface area (Å²) in [6, 6.07) is 1.37. The van der Waals surface area contributed by atoms with Crippen molar-refractivity contribution in [1.82, 2.24) is 9.97 Å². The number of halogens is 3. The van der Waals surface area contributed by atoms with Crippen molar-refractivity contribution in [2.24, 2.45) is 11.8 Å². The van der Waals surface area contributed by atoms with Gasteiger partial charge in [-0.3, -0.25) is 0 Å². The first-order valence-corrected chi connectivity index (χ1v) is 6.82. The highest BCUT2D eigenvalue weighted by atomic mass is 19.4. The Hall–Kier alpha value is -1.79. The van der Waals surface area contributed by atoms with Gasteiger partial charge in [0.25, 0.3) is 0 Å². The average Bonchev–Trinajstić information content (AvgIpc) is 2.45. The third kappa shape index (κ3) is 4.09. The van der Waals surface area contributed by atoms with Crippen LogP contribution in [0.1, 0.15) is 25.6 Å². The zero-order valence-electron chi connectivity index (χ0n) is 11.9. The molecule has 0 aliphatic heterocycles. The van der Waals surface area contributed by atoms with Gasteiger partial charge in [-0.1, -0.05) is 19.1 Å². The second-order valence-corrected chi connectivity index (χ2v) is 5.15. The first-order valence-electron chi connectivity index (χ1n) is 6.82. The van der Waals surface area contributed by atoms with Gasteiger partial charge in [-0.15, -0.1) is 0 Å². The van der Waals surface area contributed by atoms with Gasteiger partial charge in [-0.25, -0.2) is 4.98 Å². The second kappa shape index (κ2) is 6.32. The second-order valence-electron chi connectivity index (χ2n) is 5.15. The molecule has 1 aliphatic rings. The Balaban J connectivity index is 2.10. The highest BCUT2D eigenvalue weighted by molar-refractivity contribution is 5.38. The smallest absolute Gasteiger partial charge is 0.451 e. The van der Waals surface area contributed by atoms with E-state index in [1.165, 1.54) is 13.1 Å². The van der Waals surface area contributed by atoms with Gasteiger partial charge in [0.05, 0.1) is 6.61 Å². The van der Waals surface area contributed by atoms with Crippen LogP contribution in [0.2, 0.25) is 0 Å². The molecule has 0 fully saturated rings. The number of nitrogens with one attached hydrogen (secondary N) is 1. The number of nitrogens with zero attached hydrogens (tertiary/aromatic N) is 2. The van der Waals surface area contributed by atoms with Gasteiger partial charge < -0.3 is 10.1 Å². The van der Waals surface area contributed by atoms with Gasteiger partial charge in [0, 0.05) is 13.1 Å². The Morgan fingerprint density at radius 3 is 2.62 bits per heavy atom. The molecule has 1 aliphatic carbocycles. The SMILES string of the molecule is CNc1cc(OCC2CC=CCC2C)nc(C(F)(F)F)n1. The van der Waals surface area contributed by atoms with Crippen LogP contribution in [-0.4, -0.2) is 23.6 Å². The van der Waals surface area contributed by atoms with Gasteiger partial charge in [-0.05, 0) is 24.7 Å². The summed E-state index contributed by atoms with van der Waals surface area (Å²) in [4.78, 5) is 6.84. The van der Waals surface area contributed by atoms with Crippen molar-refractivity contribution < 1.29 is 17.9 Å². The average molecular weight is 301 g/mol. The van der Waals surface area contributed by atoms with E-state index in [-0.39, 0.29) is 17.6 Å². The van der Waals surface area contributed by atoms with Crippen LogP contribution in [0.3, 0.4) is 0 Å². The van der Waals surface area contributed by atoms with Crippen molar-refractivity contribution in [1.29, 1.82) is 0 Å². The van der Waals surface area contributed by atoms with E-state index >= 15 is 0 Å². The molecule has 0 spiro atoms. The number of alkyl halides is 3. The van der Waals surface area contributed by atoms with Crippen LogP contribution in [-0.2, 0) is 6.18 Å². The summed E-state index contributed by atoms with van der Waals surface area (Å²) in [5.74, 6) is -0.423. The van der Waals surface area contributed by atoms with Crippen LogP contribution < -0.4 is 10.1 Å². The van der Waals surface area contributed by atoms with Crippen LogP contribution in [0.15, 0.2) is 18.2 Å². The molecule has 0 aromatic carbocycles. The first kappa shape index (κ1) is 15.6. The van der Waals surface area contributed by atoms with Crippen molar-refractivity contribution in [3.8, 4) is 5.88 Å². The van der Waals surface area contributed by atoms with E-state index < -0.39 is 12.0 Å². The summed E-state index contributed by atoms with van der Waals surface area (Å²) in [5, 5.41) is 2.58. The Bertz CT molecular complexity index is 517. The number of hydrogen-bond donors (Lipinski definition) is 1. The van der Waals surface area contributed by atoms with Crippen molar-refractivity contribution in [3.63, 3.8) is 0 Å². The maximum atomic E-state index is 12.7. The lowest BCUT2D eigenvalue weighted by Crippen LogP contribution is -2.22. The molecule has 21 heavy (non-hydrogen) atoms. The zero-order chi connectivity index (χ0) is 15.5. The van der Waals surface area contributed by atoms with Gasteiger partial charge >= 0.3 is 6.18 Å². The van der Waals surface area contributed by atoms with Crippen molar-refractivity contribution in [3.05, 3.63) is 24.0 Å². The molecule has 0 amide bonds. The molecule has 0 bridgehead atoms. The summed E-state index contributed by atoms with van der Waals surface area (Å²) in [5.41, 5.74) is 0. The van der Waals surface area contributed by atoms with Gasteiger partial charge in [0.2, 0.25) is 11.7 Å². The fraction of sp³-hybridized carbons (Fsp3) is 0.571. The van der Waals surface area contributed by atoms with Crippen LogP contribution in [0.4, 0.5) is 19.0 Å². The molecule has 4 nitrogen and oxygen atoms in total. The number of rotatable bonds is 4. The Labute approximate surface area is 121 Å². The fourth-order valence-corrected chi connectivity index (χ4v) is 2.19. The number of ether oxygens (including phenoxy) is 1. The van der Waals surface area contributed by atoms with E-state index in [9.17, 15) is 13.2 Å².